The molecule has 1 aliphatic carbocycles. The van der Waals surface area contributed by atoms with Crippen molar-refractivity contribution < 1.29 is 14.3 Å². The average molecular weight is 289 g/mol. The third kappa shape index (κ3) is 3.78. The van der Waals surface area contributed by atoms with Gasteiger partial charge in [0.2, 0.25) is 6.79 Å². The molecule has 1 N–H and O–H groups in total. The van der Waals surface area contributed by atoms with Crippen LogP contribution in [0.1, 0.15) is 39.5 Å². The lowest BCUT2D eigenvalue weighted by molar-refractivity contribution is -0.114. The second kappa shape index (κ2) is 7.72. The molecule has 114 valence electrons. The molecule has 0 saturated carbocycles. The van der Waals surface area contributed by atoms with E-state index < -0.39 is 0 Å². The molecule has 0 aromatic carbocycles. The van der Waals surface area contributed by atoms with Crippen molar-refractivity contribution in [2.24, 2.45) is 0 Å². The molecular weight excluding hydrogens is 266 g/mol. The monoisotopic (exact) mass is 289 g/mol. The highest BCUT2D eigenvalue weighted by Crippen LogP contribution is 2.25. The molecule has 4 nitrogen and oxygen atoms in total. The first-order chi connectivity index (χ1) is 10.3. The molecule has 0 radical (unpaired) electrons. The van der Waals surface area contributed by atoms with E-state index >= 15 is 0 Å². The van der Waals surface area contributed by atoms with Gasteiger partial charge in [-0.3, -0.25) is 4.79 Å². The molecular formula is C17H23NO3. The quantitative estimate of drug-likeness (QED) is 0.743. The van der Waals surface area contributed by atoms with Crippen LogP contribution in [0.3, 0.4) is 0 Å². The maximum Gasteiger partial charge on any atom is 0.231 e. The molecule has 4 heteroatoms. The van der Waals surface area contributed by atoms with Gasteiger partial charge in [0, 0.05) is 24.2 Å². The standard InChI is InChI=1S/C15H17NO3.C2H6/c17-13-7-6-12-11(13)5-8-15-14(18-10-19-15)4-2-1-3-9-16-12;1-2/h2,4-5,8,16H,1,3,6-7,9-10H2;1-2H3/b4-2+,8-5+;. The third-order valence-corrected chi connectivity index (χ3v) is 3.46. The first-order valence-corrected chi connectivity index (χ1v) is 7.69. The Balaban J connectivity index is 0.000000774. The number of carbonyl (C=O) groups excluding carboxylic acids is 1. The van der Waals surface area contributed by atoms with Crippen molar-refractivity contribution in [2.75, 3.05) is 13.3 Å². The summed E-state index contributed by atoms with van der Waals surface area (Å²) in [5.74, 6) is 1.65. The lowest BCUT2D eigenvalue weighted by Gasteiger charge is -2.07. The average Bonchev–Trinajstić information content (AvgIpc) is 3.08. The van der Waals surface area contributed by atoms with Gasteiger partial charge >= 0.3 is 0 Å². The van der Waals surface area contributed by atoms with Crippen LogP contribution in [0.4, 0.5) is 0 Å². The van der Waals surface area contributed by atoms with E-state index in [1.54, 1.807) is 0 Å². The van der Waals surface area contributed by atoms with Crippen molar-refractivity contribution in [2.45, 2.75) is 39.5 Å². The molecule has 3 rings (SSSR count). The van der Waals surface area contributed by atoms with Gasteiger partial charge in [0.15, 0.2) is 17.3 Å². The normalized spacial score (nSPS) is 24.2. The van der Waals surface area contributed by atoms with Crippen molar-refractivity contribution in [3.63, 3.8) is 0 Å². The lowest BCUT2D eigenvalue weighted by Crippen LogP contribution is -2.14. The van der Waals surface area contributed by atoms with Crippen LogP contribution in [-0.2, 0) is 14.3 Å². The van der Waals surface area contributed by atoms with E-state index in [0.717, 1.165) is 42.8 Å². The molecule has 2 heterocycles. The number of ether oxygens (including phenoxy) is 2. The zero-order valence-electron chi connectivity index (χ0n) is 12.8. The fourth-order valence-electron chi connectivity index (χ4n) is 2.42. The number of Topliss-reactive ketones (excluding diaryl/α,β-unsaturated/α-hetero) is 1. The highest BCUT2D eigenvalue weighted by molar-refractivity contribution is 6.01. The summed E-state index contributed by atoms with van der Waals surface area (Å²) < 4.78 is 10.8. The molecule has 2 aliphatic heterocycles. The Morgan fingerprint density at radius 2 is 1.81 bits per heavy atom. The van der Waals surface area contributed by atoms with E-state index in [9.17, 15) is 4.79 Å². The summed E-state index contributed by atoms with van der Waals surface area (Å²) in [6.07, 6.45) is 11.1. The molecule has 0 fully saturated rings. The Morgan fingerprint density at radius 3 is 2.62 bits per heavy atom. The Labute approximate surface area is 126 Å². The summed E-state index contributed by atoms with van der Waals surface area (Å²) in [7, 11) is 0. The molecule has 0 aromatic rings. The smallest absolute Gasteiger partial charge is 0.231 e. The fraction of sp³-hybridized carbons (Fsp3) is 0.471. The van der Waals surface area contributed by atoms with Crippen LogP contribution in [-0.4, -0.2) is 19.1 Å². The fourth-order valence-corrected chi connectivity index (χ4v) is 2.42. The van der Waals surface area contributed by atoms with E-state index in [2.05, 4.69) is 11.4 Å². The second-order valence-corrected chi connectivity index (χ2v) is 4.76. The lowest BCUT2D eigenvalue weighted by atomic mass is 10.1. The van der Waals surface area contributed by atoms with Crippen molar-refractivity contribution in [1.29, 1.82) is 0 Å². The van der Waals surface area contributed by atoms with Crippen LogP contribution in [0.2, 0.25) is 0 Å². The number of rotatable bonds is 0. The van der Waals surface area contributed by atoms with E-state index in [1.807, 2.05) is 32.1 Å². The van der Waals surface area contributed by atoms with Gasteiger partial charge in [0.1, 0.15) is 0 Å². The van der Waals surface area contributed by atoms with Gasteiger partial charge in [-0.1, -0.05) is 19.9 Å². The van der Waals surface area contributed by atoms with E-state index in [0.29, 0.717) is 12.2 Å². The van der Waals surface area contributed by atoms with Gasteiger partial charge in [-0.2, -0.15) is 0 Å². The second-order valence-electron chi connectivity index (χ2n) is 4.76. The zero-order chi connectivity index (χ0) is 15.1. The van der Waals surface area contributed by atoms with Crippen LogP contribution in [0, 0.1) is 0 Å². The number of ketones is 1. The SMILES string of the molecule is CC.O=C1CCC2=C1/C=C/C1=C(/C=C/CCCN2)OCO1. The first-order valence-electron chi connectivity index (χ1n) is 7.69. The maximum absolute atomic E-state index is 11.9. The van der Waals surface area contributed by atoms with Crippen LogP contribution in [0.5, 0.6) is 0 Å². The van der Waals surface area contributed by atoms with Crippen LogP contribution in [0.15, 0.2) is 47.1 Å². The minimum atomic E-state index is 0.201. The number of hydrogen-bond acceptors (Lipinski definition) is 4. The van der Waals surface area contributed by atoms with Crippen molar-refractivity contribution in [3.8, 4) is 0 Å². The molecule has 0 unspecified atom stereocenters. The Bertz CT molecular complexity index is 512. The molecule has 3 aliphatic rings. The highest BCUT2D eigenvalue weighted by Gasteiger charge is 2.21. The largest absolute Gasteiger partial charge is 0.454 e. The number of hydrogen-bond donors (Lipinski definition) is 1. The van der Waals surface area contributed by atoms with Gasteiger partial charge < -0.3 is 14.8 Å². The number of carbonyl (C=O) groups is 1. The maximum atomic E-state index is 11.9. The molecule has 0 atom stereocenters. The van der Waals surface area contributed by atoms with Gasteiger partial charge in [-0.05, 0) is 37.5 Å². The van der Waals surface area contributed by atoms with E-state index in [1.165, 1.54) is 0 Å². The van der Waals surface area contributed by atoms with Gasteiger partial charge in [-0.15, -0.1) is 0 Å². The van der Waals surface area contributed by atoms with Crippen molar-refractivity contribution >= 4 is 5.78 Å². The minimum Gasteiger partial charge on any atom is -0.454 e. The van der Waals surface area contributed by atoms with Crippen LogP contribution < -0.4 is 5.32 Å². The number of nitrogens with one attached hydrogen (secondary N) is 1. The summed E-state index contributed by atoms with van der Waals surface area (Å²) in [4.78, 5) is 11.9. The van der Waals surface area contributed by atoms with Crippen LogP contribution >= 0.6 is 0 Å². The van der Waals surface area contributed by atoms with Crippen molar-refractivity contribution in [3.05, 3.63) is 47.1 Å². The summed E-state index contributed by atoms with van der Waals surface area (Å²) >= 11 is 0. The van der Waals surface area contributed by atoms with E-state index in [4.69, 9.17) is 9.47 Å². The molecule has 0 spiro atoms. The predicted octanol–water partition coefficient (Wildman–Crippen LogP) is 3.34. The van der Waals surface area contributed by atoms with Crippen LogP contribution in [0.25, 0.3) is 0 Å². The van der Waals surface area contributed by atoms with Gasteiger partial charge in [0.05, 0.1) is 0 Å². The third-order valence-electron chi connectivity index (χ3n) is 3.46. The summed E-state index contributed by atoms with van der Waals surface area (Å²) in [5, 5.41) is 3.38. The van der Waals surface area contributed by atoms with Gasteiger partial charge in [-0.25, -0.2) is 0 Å². The topological polar surface area (TPSA) is 47.6 Å². The zero-order valence-corrected chi connectivity index (χ0v) is 12.8. The summed E-state index contributed by atoms with van der Waals surface area (Å²) in [5.41, 5.74) is 1.85. The molecule has 0 aromatic heterocycles. The Hall–Kier alpha value is -1.97. The molecule has 0 amide bonds. The van der Waals surface area contributed by atoms with Crippen molar-refractivity contribution in [1.82, 2.24) is 5.32 Å². The summed E-state index contributed by atoms with van der Waals surface area (Å²) in [6.45, 7) is 5.14. The first kappa shape index (κ1) is 15.4. The Kier molecular flexibility index (Phi) is 5.67. The molecule has 21 heavy (non-hydrogen) atoms. The summed E-state index contributed by atoms with van der Waals surface area (Å²) in [6, 6.07) is 0. The Morgan fingerprint density at radius 1 is 1.05 bits per heavy atom. The van der Waals surface area contributed by atoms with E-state index in [-0.39, 0.29) is 12.6 Å². The minimum absolute atomic E-state index is 0.201. The molecule has 0 saturated heterocycles. The number of allylic oxidation sites excluding steroid dienone is 6. The van der Waals surface area contributed by atoms with Gasteiger partial charge in [0.25, 0.3) is 0 Å². The highest BCUT2D eigenvalue weighted by atomic mass is 16.7. The molecule has 0 bridgehead atoms. The predicted molar refractivity (Wildman–Crippen MR) is 82.2 cm³/mol.